The number of ether oxygens (including phenoxy) is 2. The maximum absolute atomic E-state index is 14.9. The van der Waals surface area contributed by atoms with Crippen molar-refractivity contribution in [3.05, 3.63) is 41.8 Å². The predicted molar refractivity (Wildman–Crippen MR) is 240 cm³/mol. The number of likely N-dealkylation sites (N-methyl/N-ethyl adjacent to an activating group) is 1. The molecule has 2 aromatic heterocycles. The number of aliphatic carboxylic acids is 1. The summed E-state index contributed by atoms with van der Waals surface area (Å²) in [6.45, 7) is 5.69. The molecule has 3 fully saturated rings. The summed E-state index contributed by atoms with van der Waals surface area (Å²) in [5.41, 5.74) is 0.259. The Hall–Kier alpha value is -5.01. The van der Waals surface area contributed by atoms with Gasteiger partial charge in [-0.25, -0.2) is 32.3 Å². The van der Waals surface area contributed by atoms with Gasteiger partial charge in [-0.3, -0.25) is 9.59 Å². The van der Waals surface area contributed by atoms with Crippen LogP contribution in [0.3, 0.4) is 0 Å². The van der Waals surface area contributed by atoms with Gasteiger partial charge in [0.15, 0.2) is 5.13 Å². The maximum Gasteiger partial charge on any atom is 0.330 e. The van der Waals surface area contributed by atoms with E-state index in [2.05, 4.69) is 21.3 Å². The van der Waals surface area contributed by atoms with E-state index in [1.54, 1.807) is 32.2 Å². The lowest BCUT2D eigenvalue weighted by Crippen LogP contribution is -2.59. The molecule has 19 heteroatoms. The summed E-state index contributed by atoms with van der Waals surface area (Å²) >= 11 is 1.45. The Morgan fingerprint density at radius 3 is 2.59 bits per heavy atom. The Morgan fingerprint density at radius 1 is 1.10 bits per heavy atom. The molecule has 5 N–H and O–H groups in total. The normalized spacial score (nSPS) is 25.5. The zero-order valence-corrected chi connectivity index (χ0v) is 38.2. The van der Waals surface area contributed by atoms with E-state index in [1.807, 2.05) is 37.4 Å². The molecule has 6 atom stereocenters. The molecule has 7 rings (SSSR count). The monoisotopic (exact) mass is 908 g/mol. The number of hydrogen-bond donors (Lipinski definition) is 5. The zero-order valence-electron chi connectivity index (χ0n) is 36.6. The SMILES string of the molecule is CCS(=O)(=O)N(C)CC(NC(=O)N[C@H]1CCCCC/C=C\C2C[C@@]2(C(=O)O)NC(=O)[C@@H]2C[C@@H](Oc3cc(-c4csc(NC(C)C)n4)nc4cc(OC)ccc34)CN2C1=O)C1CCC1. The molecule has 3 aromatic rings. The number of nitrogens with one attached hydrogen (secondary N) is 4. The molecule has 2 saturated carbocycles. The number of methoxy groups -OCH3 is 1. The number of aromatic nitrogens is 2. The molecule has 4 aliphatic rings. The van der Waals surface area contributed by atoms with Gasteiger partial charge < -0.3 is 40.7 Å². The van der Waals surface area contributed by atoms with Crippen LogP contribution in [0.25, 0.3) is 22.3 Å². The lowest BCUT2D eigenvalue weighted by molar-refractivity contribution is -0.145. The van der Waals surface area contributed by atoms with Crippen molar-refractivity contribution >= 4 is 61.2 Å². The van der Waals surface area contributed by atoms with Gasteiger partial charge in [-0.15, -0.1) is 11.3 Å². The van der Waals surface area contributed by atoms with Crippen LogP contribution in [-0.4, -0.2) is 125 Å². The molecule has 1 saturated heterocycles. The van der Waals surface area contributed by atoms with Crippen molar-refractivity contribution in [2.75, 3.05) is 38.3 Å². The number of allylic oxidation sites excluding steroid dienone is 1. The van der Waals surface area contributed by atoms with Crippen molar-refractivity contribution in [1.82, 2.24) is 35.1 Å². The first-order chi connectivity index (χ1) is 30.1. The third-order valence-corrected chi connectivity index (χ3v) is 15.3. The Balaban J connectivity index is 1.19. The largest absolute Gasteiger partial charge is 0.497 e. The van der Waals surface area contributed by atoms with Gasteiger partial charge in [-0.2, -0.15) is 0 Å². The Bertz CT molecular complexity index is 2320. The molecule has 4 heterocycles. The molecular weight excluding hydrogens is 849 g/mol. The number of rotatable bonds is 14. The fourth-order valence-electron chi connectivity index (χ4n) is 8.70. The van der Waals surface area contributed by atoms with Gasteiger partial charge in [0.05, 0.1) is 30.6 Å². The van der Waals surface area contributed by atoms with Crippen molar-refractivity contribution in [2.45, 2.75) is 121 Å². The summed E-state index contributed by atoms with van der Waals surface area (Å²) in [7, 11) is -0.433. The highest BCUT2D eigenvalue weighted by atomic mass is 32.2. The van der Waals surface area contributed by atoms with Gasteiger partial charge in [0.2, 0.25) is 21.8 Å². The van der Waals surface area contributed by atoms with E-state index >= 15 is 0 Å². The first-order valence-corrected chi connectivity index (χ1v) is 24.5. The van der Waals surface area contributed by atoms with Crippen molar-refractivity contribution in [1.29, 1.82) is 0 Å². The lowest BCUT2D eigenvalue weighted by Gasteiger charge is -2.36. The molecule has 0 spiro atoms. The van der Waals surface area contributed by atoms with Crippen LogP contribution in [0.1, 0.15) is 85.0 Å². The zero-order chi connectivity index (χ0) is 45.1. The molecule has 63 heavy (non-hydrogen) atoms. The van der Waals surface area contributed by atoms with Crippen molar-refractivity contribution < 1.29 is 42.2 Å². The molecule has 0 bridgehead atoms. The van der Waals surface area contributed by atoms with E-state index in [9.17, 15) is 32.7 Å². The van der Waals surface area contributed by atoms with Crippen LogP contribution >= 0.6 is 11.3 Å². The number of amides is 4. The molecule has 17 nitrogen and oxygen atoms in total. The molecular formula is C44H60N8O9S2. The Kier molecular flexibility index (Phi) is 14.2. The number of thiazole rings is 1. The molecule has 1 aromatic carbocycles. The van der Waals surface area contributed by atoms with Gasteiger partial charge in [0.25, 0.3) is 0 Å². The van der Waals surface area contributed by atoms with Crippen LogP contribution in [0.2, 0.25) is 0 Å². The number of anilines is 1. The van der Waals surface area contributed by atoms with Crippen LogP contribution in [0, 0.1) is 11.8 Å². The highest BCUT2D eigenvalue weighted by Gasteiger charge is 2.61. The maximum atomic E-state index is 14.9. The first-order valence-electron chi connectivity index (χ1n) is 22.0. The minimum absolute atomic E-state index is 0.0288. The smallest absolute Gasteiger partial charge is 0.330 e. The standard InChI is InChI=1S/C44H60N8O9S2/c1-6-63(58,59)51(4)24-35(27-13-12-14-27)48-42(57)47-32-16-11-9-7-8-10-15-28-22-44(28,41(55)56)50-39(53)37-20-30(23-52(37)40(32)54)61-38-21-34(36-25-62-43(49-36)45-26(2)3)46-33-19-29(60-5)17-18-31(33)38/h10,15,17-19,21,25-28,30,32,35,37H,6-9,11-14,16,20,22-24H2,1-5H3,(H,45,49)(H,50,53)(H,55,56)(H2,47,48,57)/b15-10-/t28?,30-,32+,35?,37+,44-/m1/s1. The van der Waals surface area contributed by atoms with E-state index in [1.165, 1.54) is 27.6 Å². The van der Waals surface area contributed by atoms with Crippen LogP contribution < -0.4 is 30.7 Å². The third-order valence-electron chi connectivity index (χ3n) is 12.7. The molecule has 4 amide bonds. The van der Waals surface area contributed by atoms with Crippen LogP contribution in [0.15, 0.2) is 41.8 Å². The number of fused-ring (bicyclic) bond motifs is 3. The number of nitrogens with zero attached hydrogens (tertiary/aromatic N) is 4. The molecule has 0 radical (unpaired) electrons. The molecule has 2 aliphatic heterocycles. The second-order valence-electron chi connectivity index (χ2n) is 17.5. The van der Waals surface area contributed by atoms with Crippen molar-refractivity contribution in [3.63, 3.8) is 0 Å². The summed E-state index contributed by atoms with van der Waals surface area (Å²) in [6.07, 6.45) is 9.15. The number of urea groups is 1. The number of sulfonamides is 1. The number of carboxylic acid groups (broad SMARTS) is 1. The second-order valence-corrected chi connectivity index (χ2v) is 20.7. The van der Waals surface area contributed by atoms with Gasteiger partial charge in [-0.1, -0.05) is 31.4 Å². The highest BCUT2D eigenvalue weighted by molar-refractivity contribution is 7.89. The van der Waals surface area contributed by atoms with E-state index < -0.39 is 69.5 Å². The van der Waals surface area contributed by atoms with E-state index in [0.29, 0.717) is 46.6 Å². The first kappa shape index (κ1) is 46.0. The average Bonchev–Trinajstić information content (AvgIpc) is 3.48. The number of carboxylic acids is 1. The van der Waals surface area contributed by atoms with Crippen LogP contribution in [0.5, 0.6) is 11.5 Å². The number of pyridine rings is 1. The van der Waals surface area contributed by atoms with Crippen molar-refractivity contribution in [2.24, 2.45) is 11.8 Å². The summed E-state index contributed by atoms with van der Waals surface area (Å²) in [4.78, 5) is 66.9. The van der Waals surface area contributed by atoms with Crippen LogP contribution in [0.4, 0.5) is 9.93 Å². The summed E-state index contributed by atoms with van der Waals surface area (Å²) < 4.78 is 38.9. The topological polar surface area (TPSA) is 221 Å². The predicted octanol–water partition coefficient (Wildman–Crippen LogP) is 5.13. The summed E-state index contributed by atoms with van der Waals surface area (Å²) in [5, 5.41) is 25.7. The van der Waals surface area contributed by atoms with E-state index in [4.69, 9.17) is 19.4 Å². The van der Waals surface area contributed by atoms with Gasteiger partial charge >= 0.3 is 12.0 Å². The minimum Gasteiger partial charge on any atom is -0.497 e. The molecule has 2 unspecified atom stereocenters. The number of hydrogen-bond acceptors (Lipinski definition) is 12. The third kappa shape index (κ3) is 10.5. The summed E-state index contributed by atoms with van der Waals surface area (Å²) in [6, 6.07) is 4.15. The number of benzene rings is 1. The van der Waals surface area contributed by atoms with E-state index in [-0.39, 0.29) is 50.1 Å². The van der Waals surface area contributed by atoms with Gasteiger partial charge in [0, 0.05) is 60.9 Å². The molecule has 2 aliphatic carbocycles. The Morgan fingerprint density at radius 2 is 1.89 bits per heavy atom. The highest BCUT2D eigenvalue weighted by Crippen LogP contribution is 2.46. The van der Waals surface area contributed by atoms with Gasteiger partial charge in [-0.05, 0) is 77.3 Å². The fraction of sp³-hybridized carbons (Fsp3) is 0.591. The molecule has 342 valence electrons. The Labute approximate surface area is 372 Å². The van der Waals surface area contributed by atoms with Gasteiger partial charge in [0.1, 0.15) is 40.9 Å². The van der Waals surface area contributed by atoms with Crippen LogP contribution in [-0.2, 0) is 24.4 Å². The lowest BCUT2D eigenvalue weighted by atomic mass is 9.79. The number of carbonyl (C=O) groups is 4. The quantitative estimate of drug-likeness (QED) is 0.133. The van der Waals surface area contributed by atoms with E-state index in [0.717, 1.165) is 37.2 Å². The average molecular weight is 909 g/mol. The second kappa shape index (κ2) is 19.4. The number of carbonyl (C=O) groups excluding carboxylic acids is 3. The fourth-order valence-corrected chi connectivity index (χ4v) is 10.4. The van der Waals surface area contributed by atoms with Crippen molar-refractivity contribution in [3.8, 4) is 22.9 Å². The minimum atomic E-state index is -3.51. The summed E-state index contributed by atoms with van der Waals surface area (Å²) in [5.74, 6) is -1.60.